The van der Waals surface area contributed by atoms with Gasteiger partial charge in [-0.2, -0.15) is 0 Å². The number of fused-ring (bicyclic) bond motifs is 1. The van der Waals surface area contributed by atoms with Crippen LogP contribution in [0.3, 0.4) is 0 Å². The van der Waals surface area contributed by atoms with E-state index in [0.717, 1.165) is 16.0 Å². The van der Waals surface area contributed by atoms with Crippen molar-refractivity contribution in [3.8, 4) is 11.1 Å². The Balaban J connectivity index is 1.69. The highest BCUT2D eigenvalue weighted by Gasteiger charge is 2.43. The summed E-state index contributed by atoms with van der Waals surface area (Å²) in [5.41, 5.74) is 3.10. The highest BCUT2D eigenvalue weighted by molar-refractivity contribution is 6.30. The van der Waals surface area contributed by atoms with Crippen molar-refractivity contribution >= 4 is 35.1 Å². The molecule has 2 N–H and O–H groups in total. The molecule has 0 saturated heterocycles. The molecule has 1 aliphatic rings. The van der Waals surface area contributed by atoms with Crippen molar-refractivity contribution in [2.24, 2.45) is 0 Å². The molecule has 36 heavy (non-hydrogen) atoms. The zero-order valence-corrected chi connectivity index (χ0v) is 19.7. The molecule has 0 saturated carbocycles. The van der Waals surface area contributed by atoms with Crippen LogP contribution in [0.15, 0.2) is 103 Å². The first kappa shape index (κ1) is 23.3. The molecule has 6 nitrogen and oxygen atoms in total. The fourth-order valence-corrected chi connectivity index (χ4v) is 4.63. The van der Waals surface area contributed by atoms with Crippen molar-refractivity contribution in [1.82, 2.24) is 4.90 Å². The van der Waals surface area contributed by atoms with Gasteiger partial charge in [0.2, 0.25) is 0 Å². The number of nitrogens with zero attached hydrogens (tertiary/aromatic N) is 1. The summed E-state index contributed by atoms with van der Waals surface area (Å²) in [5, 5.41) is 13.6. The minimum atomic E-state index is -1.40. The molecule has 2 unspecified atom stereocenters. The highest BCUT2D eigenvalue weighted by atomic mass is 35.5. The van der Waals surface area contributed by atoms with Gasteiger partial charge in [0.25, 0.3) is 11.8 Å². The zero-order chi connectivity index (χ0) is 25.2. The van der Waals surface area contributed by atoms with Crippen LogP contribution in [0.25, 0.3) is 11.1 Å². The van der Waals surface area contributed by atoms with Crippen LogP contribution < -0.4 is 5.32 Å². The molecule has 4 aromatic rings. The van der Waals surface area contributed by atoms with Crippen LogP contribution in [-0.2, 0) is 9.59 Å². The van der Waals surface area contributed by atoms with Gasteiger partial charge in [-0.1, -0.05) is 90.5 Å². The summed E-state index contributed by atoms with van der Waals surface area (Å²) >= 11 is 6.07. The number of carboxylic acid groups (broad SMARTS) is 1. The molecule has 2 atom stereocenters. The first-order valence-corrected chi connectivity index (χ1v) is 11.7. The Bertz CT molecular complexity index is 1440. The van der Waals surface area contributed by atoms with Crippen molar-refractivity contribution in [1.29, 1.82) is 0 Å². The Morgan fingerprint density at radius 3 is 2.11 bits per heavy atom. The molecule has 0 aliphatic carbocycles. The Morgan fingerprint density at radius 1 is 0.833 bits per heavy atom. The standard InChI is InChI=1S/C29H21ClN2O4/c30-22-14-11-20(12-15-22)25-27(33)31-24-17-21(18-7-3-1-4-8-18)13-16-23(24)28(34)32(25)26(29(35)36)19-9-5-2-6-10-19/h1-17,25-26H,(H,31,33)(H,35,36). The number of halogens is 1. The third-order valence-corrected chi connectivity index (χ3v) is 6.44. The van der Waals surface area contributed by atoms with E-state index in [1.165, 1.54) is 0 Å². The Hall–Kier alpha value is -4.42. The summed E-state index contributed by atoms with van der Waals surface area (Å²) in [6, 6.07) is 27.0. The number of carbonyl (C=O) groups is 3. The lowest BCUT2D eigenvalue weighted by molar-refractivity contribution is -0.144. The smallest absolute Gasteiger partial charge is 0.331 e. The van der Waals surface area contributed by atoms with Crippen molar-refractivity contribution in [3.63, 3.8) is 0 Å². The third kappa shape index (κ3) is 4.34. The van der Waals surface area contributed by atoms with E-state index in [4.69, 9.17) is 11.6 Å². The summed E-state index contributed by atoms with van der Waals surface area (Å²) < 4.78 is 0. The second kappa shape index (κ2) is 9.68. The largest absolute Gasteiger partial charge is 0.479 e. The molecule has 7 heteroatoms. The van der Waals surface area contributed by atoms with Crippen LogP contribution in [0.4, 0.5) is 5.69 Å². The summed E-state index contributed by atoms with van der Waals surface area (Å²) in [5.74, 6) is -2.33. The van der Waals surface area contributed by atoms with Crippen molar-refractivity contribution in [3.05, 3.63) is 125 Å². The average molecular weight is 497 g/mol. The maximum atomic E-state index is 14.0. The van der Waals surface area contributed by atoms with Crippen molar-refractivity contribution in [2.75, 3.05) is 5.32 Å². The number of rotatable bonds is 5. The van der Waals surface area contributed by atoms with Crippen LogP contribution in [0.2, 0.25) is 5.02 Å². The topological polar surface area (TPSA) is 86.7 Å². The number of carboxylic acids is 1. The number of hydrogen-bond donors (Lipinski definition) is 2. The van der Waals surface area contributed by atoms with Gasteiger partial charge in [-0.05, 0) is 46.5 Å². The Kier molecular flexibility index (Phi) is 6.27. The van der Waals surface area contributed by atoms with Crippen molar-refractivity contribution in [2.45, 2.75) is 12.1 Å². The van der Waals surface area contributed by atoms with Gasteiger partial charge in [0.1, 0.15) is 6.04 Å². The summed E-state index contributed by atoms with van der Waals surface area (Å²) in [4.78, 5) is 41.5. The fraction of sp³-hybridized carbons (Fsp3) is 0.0690. The predicted molar refractivity (Wildman–Crippen MR) is 138 cm³/mol. The van der Waals surface area contributed by atoms with Crippen LogP contribution in [0, 0.1) is 0 Å². The minimum Gasteiger partial charge on any atom is -0.479 e. The number of aliphatic carboxylic acids is 1. The lowest BCUT2D eigenvalue weighted by atomic mass is 9.97. The first-order valence-electron chi connectivity index (χ1n) is 11.3. The molecule has 5 rings (SSSR count). The van der Waals surface area contributed by atoms with Gasteiger partial charge in [-0.15, -0.1) is 0 Å². The SMILES string of the molecule is O=C(O)C(c1ccccc1)N1C(=O)c2ccc(-c3ccccc3)cc2NC(=O)C1c1ccc(Cl)cc1. The van der Waals surface area contributed by atoms with Crippen LogP contribution in [0.5, 0.6) is 0 Å². The number of nitrogens with one attached hydrogen (secondary N) is 1. The van der Waals surface area contributed by atoms with E-state index in [9.17, 15) is 19.5 Å². The molecule has 0 fully saturated rings. The molecule has 0 bridgehead atoms. The van der Waals surface area contributed by atoms with E-state index in [2.05, 4.69) is 5.32 Å². The molecular weight excluding hydrogens is 476 g/mol. The molecule has 178 valence electrons. The highest BCUT2D eigenvalue weighted by Crippen LogP contribution is 2.39. The number of benzene rings is 4. The van der Waals surface area contributed by atoms with E-state index in [1.54, 1.807) is 72.8 Å². The summed E-state index contributed by atoms with van der Waals surface area (Å²) in [6.45, 7) is 0. The van der Waals surface area contributed by atoms with Crippen molar-refractivity contribution < 1.29 is 19.5 Å². The van der Waals surface area contributed by atoms with Gasteiger partial charge in [0, 0.05) is 5.02 Å². The lowest BCUT2D eigenvalue weighted by Crippen LogP contribution is -2.44. The average Bonchev–Trinajstić information content (AvgIpc) is 2.99. The number of anilines is 1. The van der Waals surface area contributed by atoms with Gasteiger partial charge in [-0.3, -0.25) is 9.59 Å². The van der Waals surface area contributed by atoms with Crippen LogP contribution in [-0.4, -0.2) is 27.8 Å². The number of amides is 2. The zero-order valence-electron chi connectivity index (χ0n) is 19.0. The van der Waals surface area contributed by atoms with E-state index >= 15 is 0 Å². The molecule has 0 spiro atoms. The first-order chi connectivity index (χ1) is 17.4. The Labute approximate surface area is 212 Å². The normalized spacial score (nSPS) is 16.0. The summed E-state index contributed by atoms with van der Waals surface area (Å²) in [7, 11) is 0. The van der Waals surface area contributed by atoms with E-state index < -0.39 is 29.9 Å². The van der Waals surface area contributed by atoms with E-state index in [0.29, 0.717) is 21.8 Å². The van der Waals surface area contributed by atoms with Gasteiger partial charge in [0.05, 0.1) is 11.3 Å². The van der Waals surface area contributed by atoms with Crippen LogP contribution in [0.1, 0.15) is 33.6 Å². The number of carbonyl (C=O) groups excluding carboxylic acids is 2. The fourth-order valence-electron chi connectivity index (χ4n) is 4.51. The van der Waals surface area contributed by atoms with E-state index in [1.807, 2.05) is 30.3 Å². The maximum Gasteiger partial charge on any atom is 0.331 e. The van der Waals surface area contributed by atoms with Gasteiger partial charge >= 0.3 is 5.97 Å². The molecule has 4 aromatic carbocycles. The molecule has 0 radical (unpaired) electrons. The summed E-state index contributed by atoms with van der Waals surface area (Å²) in [6.07, 6.45) is 0. The molecule has 0 aromatic heterocycles. The van der Waals surface area contributed by atoms with Gasteiger partial charge in [0.15, 0.2) is 6.04 Å². The monoisotopic (exact) mass is 496 g/mol. The van der Waals surface area contributed by atoms with Gasteiger partial charge in [-0.25, -0.2) is 4.79 Å². The van der Waals surface area contributed by atoms with Crippen LogP contribution >= 0.6 is 11.6 Å². The quantitative estimate of drug-likeness (QED) is 0.356. The predicted octanol–water partition coefficient (Wildman–Crippen LogP) is 5.97. The maximum absolute atomic E-state index is 14.0. The van der Waals surface area contributed by atoms with Gasteiger partial charge < -0.3 is 15.3 Å². The number of hydrogen-bond acceptors (Lipinski definition) is 3. The van der Waals surface area contributed by atoms with E-state index in [-0.39, 0.29) is 5.56 Å². The molecule has 2 amide bonds. The molecule has 1 heterocycles. The molecule has 1 aliphatic heterocycles. The second-order valence-corrected chi connectivity index (χ2v) is 8.87. The lowest BCUT2D eigenvalue weighted by Gasteiger charge is -2.34. The third-order valence-electron chi connectivity index (χ3n) is 6.19. The second-order valence-electron chi connectivity index (χ2n) is 8.43. The minimum absolute atomic E-state index is 0.210. The molecular formula is C29H21ClN2O4. The Morgan fingerprint density at radius 2 is 1.47 bits per heavy atom.